The number of fused-ring (bicyclic) bond motifs is 1. The number of hydrogen-bond acceptors (Lipinski definition) is 3. The van der Waals surface area contributed by atoms with E-state index in [9.17, 15) is 0 Å². The molecular formula is C17H25N3S. The van der Waals surface area contributed by atoms with Gasteiger partial charge < -0.3 is 9.88 Å². The number of para-hydroxylation sites is 2. The molecule has 1 heterocycles. The van der Waals surface area contributed by atoms with Crippen molar-refractivity contribution < 1.29 is 0 Å². The predicted molar refractivity (Wildman–Crippen MR) is 91.8 cm³/mol. The molecule has 1 aliphatic carbocycles. The Morgan fingerprint density at radius 3 is 3.00 bits per heavy atom. The van der Waals surface area contributed by atoms with Gasteiger partial charge in [0.1, 0.15) is 5.82 Å². The molecule has 1 N–H and O–H groups in total. The van der Waals surface area contributed by atoms with Crippen LogP contribution in [0.4, 0.5) is 0 Å². The minimum Gasteiger partial charge on any atom is -0.327 e. The standard InChI is InChI=1S/C17H25N3S/c1-3-11-20-15-9-5-4-7-13(15)19-17(20)12-18-14-8-6-10-16(14)21-2/h4-5,7,9,14,16,18H,3,6,8,10-12H2,1-2H3. The Morgan fingerprint density at radius 1 is 1.33 bits per heavy atom. The first kappa shape index (κ1) is 14.9. The highest BCUT2D eigenvalue weighted by atomic mass is 32.2. The lowest BCUT2D eigenvalue weighted by atomic mass is 10.2. The lowest BCUT2D eigenvalue weighted by molar-refractivity contribution is 0.506. The smallest absolute Gasteiger partial charge is 0.123 e. The van der Waals surface area contributed by atoms with Crippen LogP contribution in [-0.2, 0) is 13.1 Å². The van der Waals surface area contributed by atoms with E-state index in [1.165, 1.54) is 30.6 Å². The molecule has 3 nitrogen and oxygen atoms in total. The van der Waals surface area contributed by atoms with Crippen LogP contribution in [0.25, 0.3) is 11.0 Å². The molecule has 2 aromatic rings. The van der Waals surface area contributed by atoms with Crippen LogP contribution in [-0.4, -0.2) is 27.1 Å². The average molecular weight is 303 g/mol. The Morgan fingerprint density at radius 2 is 2.19 bits per heavy atom. The first-order valence-electron chi connectivity index (χ1n) is 8.03. The van der Waals surface area contributed by atoms with Crippen LogP contribution in [0.5, 0.6) is 0 Å². The van der Waals surface area contributed by atoms with Gasteiger partial charge in [-0.3, -0.25) is 0 Å². The fraction of sp³-hybridized carbons (Fsp3) is 0.588. The highest BCUT2D eigenvalue weighted by Gasteiger charge is 2.26. The van der Waals surface area contributed by atoms with E-state index in [0.29, 0.717) is 6.04 Å². The summed E-state index contributed by atoms with van der Waals surface area (Å²) in [5.41, 5.74) is 2.39. The van der Waals surface area contributed by atoms with E-state index in [4.69, 9.17) is 4.98 Å². The van der Waals surface area contributed by atoms with Crippen LogP contribution in [0.1, 0.15) is 38.4 Å². The Hall–Kier alpha value is -1.00. The maximum absolute atomic E-state index is 4.84. The second-order valence-electron chi connectivity index (χ2n) is 5.86. The van der Waals surface area contributed by atoms with E-state index >= 15 is 0 Å². The lowest BCUT2D eigenvalue weighted by Crippen LogP contribution is -2.34. The van der Waals surface area contributed by atoms with Crippen LogP contribution < -0.4 is 5.32 Å². The molecule has 1 fully saturated rings. The molecular weight excluding hydrogens is 278 g/mol. The van der Waals surface area contributed by atoms with Crippen LogP contribution in [0, 0.1) is 0 Å². The van der Waals surface area contributed by atoms with Gasteiger partial charge >= 0.3 is 0 Å². The molecule has 1 aromatic carbocycles. The molecule has 0 aliphatic heterocycles. The van der Waals surface area contributed by atoms with Gasteiger partial charge in [0.25, 0.3) is 0 Å². The van der Waals surface area contributed by atoms with Crippen molar-refractivity contribution in [2.45, 2.75) is 57.0 Å². The molecule has 4 heteroatoms. The van der Waals surface area contributed by atoms with E-state index in [1.54, 1.807) is 0 Å². The highest BCUT2D eigenvalue weighted by Crippen LogP contribution is 2.28. The number of nitrogens with zero attached hydrogens (tertiary/aromatic N) is 2. The first-order chi connectivity index (χ1) is 10.3. The molecule has 1 aliphatic rings. The summed E-state index contributed by atoms with van der Waals surface area (Å²) in [4.78, 5) is 4.84. The second-order valence-corrected chi connectivity index (χ2v) is 6.94. The van der Waals surface area contributed by atoms with Gasteiger partial charge in [-0.25, -0.2) is 4.98 Å². The Kier molecular flexibility index (Phi) is 4.86. The quantitative estimate of drug-likeness (QED) is 0.880. The van der Waals surface area contributed by atoms with Crippen LogP contribution >= 0.6 is 11.8 Å². The zero-order valence-electron chi connectivity index (χ0n) is 13.0. The van der Waals surface area contributed by atoms with Crippen LogP contribution in [0.15, 0.2) is 24.3 Å². The summed E-state index contributed by atoms with van der Waals surface area (Å²) in [6, 6.07) is 9.12. The van der Waals surface area contributed by atoms with Gasteiger partial charge in [-0.15, -0.1) is 0 Å². The number of aromatic nitrogens is 2. The number of aryl methyl sites for hydroxylation is 1. The summed E-state index contributed by atoms with van der Waals surface area (Å²) in [7, 11) is 0. The number of rotatable bonds is 6. The number of hydrogen-bond donors (Lipinski definition) is 1. The molecule has 1 aromatic heterocycles. The van der Waals surface area contributed by atoms with Crippen molar-refractivity contribution in [1.29, 1.82) is 0 Å². The van der Waals surface area contributed by atoms with Crippen LogP contribution in [0.3, 0.4) is 0 Å². The van der Waals surface area contributed by atoms with Crippen molar-refractivity contribution in [3.05, 3.63) is 30.1 Å². The topological polar surface area (TPSA) is 29.9 Å². The predicted octanol–water partition coefficient (Wildman–Crippen LogP) is 3.82. The number of nitrogens with one attached hydrogen (secondary N) is 1. The van der Waals surface area contributed by atoms with Gasteiger partial charge in [0.2, 0.25) is 0 Å². The van der Waals surface area contributed by atoms with E-state index < -0.39 is 0 Å². The fourth-order valence-electron chi connectivity index (χ4n) is 3.40. The van der Waals surface area contributed by atoms with Crippen molar-refractivity contribution in [3.8, 4) is 0 Å². The maximum atomic E-state index is 4.84. The largest absolute Gasteiger partial charge is 0.327 e. The highest BCUT2D eigenvalue weighted by molar-refractivity contribution is 7.99. The fourth-order valence-corrected chi connectivity index (χ4v) is 4.36. The number of imidazole rings is 1. The number of thioether (sulfide) groups is 1. The van der Waals surface area contributed by atoms with Crippen molar-refractivity contribution in [1.82, 2.24) is 14.9 Å². The first-order valence-corrected chi connectivity index (χ1v) is 9.32. The van der Waals surface area contributed by atoms with Gasteiger partial charge in [-0.1, -0.05) is 25.5 Å². The summed E-state index contributed by atoms with van der Waals surface area (Å²) in [5, 5.41) is 4.53. The summed E-state index contributed by atoms with van der Waals surface area (Å²) < 4.78 is 2.38. The van der Waals surface area contributed by atoms with E-state index in [-0.39, 0.29) is 0 Å². The molecule has 2 atom stereocenters. The second kappa shape index (κ2) is 6.84. The van der Waals surface area contributed by atoms with Crippen LogP contribution in [0.2, 0.25) is 0 Å². The summed E-state index contributed by atoms with van der Waals surface area (Å²) in [5.74, 6) is 1.19. The molecule has 0 amide bonds. The monoisotopic (exact) mass is 303 g/mol. The maximum Gasteiger partial charge on any atom is 0.123 e. The van der Waals surface area contributed by atoms with Crippen molar-refractivity contribution in [2.75, 3.05) is 6.26 Å². The van der Waals surface area contributed by atoms with Crippen molar-refractivity contribution in [2.24, 2.45) is 0 Å². The molecule has 0 bridgehead atoms. The van der Waals surface area contributed by atoms with E-state index in [2.05, 4.69) is 47.3 Å². The normalized spacial score (nSPS) is 22.2. The Balaban J connectivity index is 1.78. The Labute approximate surface area is 131 Å². The van der Waals surface area contributed by atoms with Gasteiger partial charge in [0, 0.05) is 17.8 Å². The third-order valence-electron chi connectivity index (χ3n) is 4.46. The molecule has 2 unspecified atom stereocenters. The molecule has 3 rings (SSSR count). The minimum absolute atomic E-state index is 0.648. The van der Waals surface area contributed by atoms with Crippen molar-refractivity contribution >= 4 is 22.8 Å². The van der Waals surface area contributed by atoms with Gasteiger partial charge in [-0.2, -0.15) is 11.8 Å². The van der Waals surface area contributed by atoms with E-state index in [1.807, 2.05) is 11.8 Å². The molecule has 21 heavy (non-hydrogen) atoms. The van der Waals surface area contributed by atoms with Gasteiger partial charge in [-0.05, 0) is 37.7 Å². The summed E-state index contributed by atoms with van der Waals surface area (Å²) in [6.45, 7) is 4.16. The third kappa shape index (κ3) is 3.11. The average Bonchev–Trinajstić information content (AvgIpc) is 3.10. The zero-order valence-corrected chi connectivity index (χ0v) is 13.8. The molecule has 0 saturated heterocycles. The van der Waals surface area contributed by atoms with Gasteiger partial charge in [0.15, 0.2) is 0 Å². The Bertz CT molecular complexity index is 593. The van der Waals surface area contributed by atoms with E-state index in [0.717, 1.165) is 30.3 Å². The van der Waals surface area contributed by atoms with Gasteiger partial charge in [0.05, 0.1) is 17.6 Å². The number of benzene rings is 1. The summed E-state index contributed by atoms with van der Waals surface area (Å²) >= 11 is 2.01. The SMILES string of the molecule is CCCn1c(CNC2CCCC2SC)nc2ccccc21. The molecule has 0 spiro atoms. The molecule has 1 saturated carbocycles. The zero-order chi connectivity index (χ0) is 14.7. The lowest BCUT2D eigenvalue weighted by Gasteiger charge is -2.19. The van der Waals surface area contributed by atoms with Crippen molar-refractivity contribution in [3.63, 3.8) is 0 Å². The molecule has 114 valence electrons. The summed E-state index contributed by atoms with van der Waals surface area (Å²) in [6.07, 6.45) is 7.39. The third-order valence-corrected chi connectivity index (χ3v) is 5.63. The molecule has 0 radical (unpaired) electrons. The minimum atomic E-state index is 0.648.